The maximum Gasteiger partial charge on any atom is 0.251 e. The third-order valence-corrected chi connectivity index (χ3v) is 5.10. The SMILES string of the molecule is C[C@H]1c2[nH]c3ccc(O)cc3c2C[C@@H]2C(=O)N(C)C(=S)N21. The van der Waals surface area contributed by atoms with Crippen LogP contribution in [0.2, 0.25) is 0 Å². The second kappa shape index (κ2) is 3.98. The lowest BCUT2D eigenvalue weighted by Gasteiger charge is -2.34. The van der Waals surface area contributed by atoms with E-state index in [1.165, 1.54) is 0 Å². The van der Waals surface area contributed by atoms with E-state index in [1.54, 1.807) is 24.1 Å². The van der Waals surface area contributed by atoms with E-state index in [0.29, 0.717) is 11.5 Å². The van der Waals surface area contributed by atoms with E-state index < -0.39 is 0 Å². The first-order valence-electron chi connectivity index (χ1n) is 6.92. The van der Waals surface area contributed by atoms with Crippen LogP contribution >= 0.6 is 12.2 Å². The van der Waals surface area contributed by atoms with E-state index >= 15 is 0 Å². The molecule has 0 saturated carbocycles. The molecule has 4 rings (SSSR count). The Morgan fingerprint density at radius 2 is 2.19 bits per heavy atom. The summed E-state index contributed by atoms with van der Waals surface area (Å²) in [5.74, 6) is 0.289. The Labute approximate surface area is 127 Å². The van der Waals surface area contributed by atoms with E-state index in [2.05, 4.69) is 11.9 Å². The summed E-state index contributed by atoms with van der Waals surface area (Å²) in [7, 11) is 1.73. The molecule has 2 aliphatic heterocycles. The monoisotopic (exact) mass is 301 g/mol. The molecule has 0 aliphatic carbocycles. The predicted molar refractivity (Wildman–Crippen MR) is 83.1 cm³/mol. The minimum Gasteiger partial charge on any atom is -0.508 e. The Bertz CT molecular complexity index is 798. The molecule has 0 unspecified atom stereocenters. The average molecular weight is 301 g/mol. The second-order valence-electron chi connectivity index (χ2n) is 5.73. The van der Waals surface area contributed by atoms with Gasteiger partial charge in [0, 0.05) is 30.1 Å². The van der Waals surface area contributed by atoms with Gasteiger partial charge in [-0.15, -0.1) is 0 Å². The highest BCUT2D eigenvalue weighted by molar-refractivity contribution is 7.80. The molecule has 0 radical (unpaired) electrons. The predicted octanol–water partition coefficient (Wildman–Crippen LogP) is 1.92. The molecular weight excluding hydrogens is 286 g/mol. The molecule has 1 aromatic carbocycles. The maximum absolute atomic E-state index is 12.4. The molecule has 6 heteroatoms. The molecule has 2 N–H and O–H groups in total. The van der Waals surface area contributed by atoms with Crippen LogP contribution in [-0.2, 0) is 11.2 Å². The molecule has 1 amide bonds. The van der Waals surface area contributed by atoms with Gasteiger partial charge in [0.1, 0.15) is 11.8 Å². The zero-order chi connectivity index (χ0) is 14.9. The number of amides is 1. The minimum atomic E-state index is -0.230. The summed E-state index contributed by atoms with van der Waals surface area (Å²) >= 11 is 5.40. The second-order valence-corrected chi connectivity index (χ2v) is 6.10. The van der Waals surface area contributed by atoms with Crippen molar-refractivity contribution in [2.45, 2.75) is 25.4 Å². The molecule has 5 nitrogen and oxygen atoms in total. The van der Waals surface area contributed by atoms with Crippen molar-refractivity contribution >= 4 is 34.1 Å². The van der Waals surface area contributed by atoms with Gasteiger partial charge in [-0.25, -0.2) is 0 Å². The van der Waals surface area contributed by atoms with Gasteiger partial charge in [0.25, 0.3) is 5.91 Å². The molecular formula is C15H15N3O2S. The minimum absolute atomic E-state index is 0.0229. The lowest BCUT2D eigenvalue weighted by Crippen LogP contribution is -2.42. The number of hydrogen-bond acceptors (Lipinski definition) is 3. The number of phenolic OH excluding ortho intramolecular Hbond substituents is 1. The quantitative estimate of drug-likeness (QED) is 0.730. The molecule has 0 spiro atoms. The first-order chi connectivity index (χ1) is 9.99. The van der Waals surface area contributed by atoms with Gasteiger partial charge in [-0.3, -0.25) is 9.69 Å². The number of aromatic amines is 1. The maximum atomic E-state index is 12.4. The fourth-order valence-corrected chi connectivity index (χ4v) is 3.91. The van der Waals surface area contributed by atoms with Crippen LogP contribution in [0.15, 0.2) is 18.2 Å². The van der Waals surface area contributed by atoms with Gasteiger partial charge in [-0.05, 0) is 42.9 Å². The van der Waals surface area contributed by atoms with Crippen LogP contribution in [0, 0.1) is 0 Å². The first kappa shape index (κ1) is 12.6. The summed E-state index contributed by atoms with van der Waals surface area (Å²) in [6.07, 6.45) is 0.617. The summed E-state index contributed by atoms with van der Waals surface area (Å²) in [4.78, 5) is 19.3. The molecule has 108 valence electrons. The Morgan fingerprint density at radius 1 is 1.43 bits per heavy atom. The lowest BCUT2D eigenvalue weighted by atomic mass is 9.93. The highest BCUT2D eigenvalue weighted by atomic mass is 32.1. The van der Waals surface area contributed by atoms with Crippen LogP contribution in [0.4, 0.5) is 0 Å². The van der Waals surface area contributed by atoms with Gasteiger partial charge in [-0.1, -0.05) is 0 Å². The number of benzene rings is 1. The van der Waals surface area contributed by atoms with Crippen molar-refractivity contribution in [1.29, 1.82) is 0 Å². The number of aromatic hydroxyl groups is 1. The fraction of sp³-hybridized carbons (Fsp3) is 0.333. The van der Waals surface area contributed by atoms with Crippen LogP contribution in [-0.4, -0.2) is 44.0 Å². The molecule has 2 aromatic rings. The van der Waals surface area contributed by atoms with E-state index in [0.717, 1.165) is 22.2 Å². The van der Waals surface area contributed by atoms with Crippen LogP contribution in [0.5, 0.6) is 5.75 Å². The number of fused-ring (bicyclic) bond motifs is 4. The van der Waals surface area contributed by atoms with Crippen LogP contribution in [0.1, 0.15) is 24.2 Å². The number of carbonyl (C=O) groups is 1. The molecule has 1 saturated heterocycles. The summed E-state index contributed by atoms with van der Waals surface area (Å²) in [6.45, 7) is 2.05. The smallest absolute Gasteiger partial charge is 0.251 e. The number of nitrogens with one attached hydrogen (secondary N) is 1. The largest absolute Gasteiger partial charge is 0.508 e. The fourth-order valence-electron chi connectivity index (χ4n) is 3.53. The first-order valence-corrected chi connectivity index (χ1v) is 7.33. The van der Waals surface area contributed by atoms with E-state index in [4.69, 9.17) is 12.2 Å². The van der Waals surface area contributed by atoms with Crippen LogP contribution < -0.4 is 0 Å². The number of hydrogen-bond donors (Lipinski definition) is 2. The van der Waals surface area contributed by atoms with Crippen molar-refractivity contribution in [3.05, 3.63) is 29.5 Å². The number of H-pyrrole nitrogens is 1. The lowest BCUT2D eigenvalue weighted by molar-refractivity contribution is -0.127. The van der Waals surface area contributed by atoms with Crippen LogP contribution in [0.3, 0.4) is 0 Å². The topological polar surface area (TPSA) is 59.6 Å². The molecule has 0 bridgehead atoms. The number of likely N-dealkylation sites (N-methyl/N-ethyl adjacent to an activating group) is 1. The van der Waals surface area contributed by atoms with Crippen LogP contribution in [0.25, 0.3) is 10.9 Å². The van der Waals surface area contributed by atoms with Crippen molar-refractivity contribution < 1.29 is 9.90 Å². The van der Waals surface area contributed by atoms with Crippen molar-refractivity contribution in [3.63, 3.8) is 0 Å². The highest BCUT2D eigenvalue weighted by Crippen LogP contribution is 2.40. The Morgan fingerprint density at radius 3 is 2.95 bits per heavy atom. The summed E-state index contributed by atoms with van der Waals surface area (Å²) in [5.41, 5.74) is 3.18. The number of rotatable bonds is 0. The van der Waals surface area contributed by atoms with Gasteiger partial charge in [0.2, 0.25) is 0 Å². The van der Waals surface area contributed by atoms with E-state index in [1.807, 2.05) is 11.0 Å². The highest BCUT2D eigenvalue weighted by Gasteiger charge is 2.47. The molecule has 2 aliphatic rings. The summed E-state index contributed by atoms with van der Waals surface area (Å²) in [5, 5.41) is 11.3. The summed E-state index contributed by atoms with van der Waals surface area (Å²) in [6, 6.07) is 5.09. The zero-order valence-electron chi connectivity index (χ0n) is 11.8. The number of nitrogens with zero attached hydrogens (tertiary/aromatic N) is 2. The number of thiocarbonyl (C=S) groups is 1. The molecule has 1 aromatic heterocycles. The van der Waals surface area contributed by atoms with Gasteiger partial charge >= 0.3 is 0 Å². The van der Waals surface area contributed by atoms with Crippen molar-refractivity contribution in [1.82, 2.24) is 14.8 Å². The van der Waals surface area contributed by atoms with Gasteiger partial charge in [-0.2, -0.15) is 0 Å². The van der Waals surface area contributed by atoms with Crippen molar-refractivity contribution in [2.24, 2.45) is 0 Å². The van der Waals surface area contributed by atoms with E-state index in [-0.39, 0.29) is 23.7 Å². The van der Waals surface area contributed by atoms with Gasteiger partial charge in [0.15, 0.2) is 5.11 Å². The van der Waals surface area contributed by atoms with Gasteiger partial charge < -0.3 is 15.0 Å². The Hall–Kier alpha value is -2.08. The Balaban J connectivity index is 1.92. The third-order valence-electron chi connectivity index (χ3n) is 4.61. The van der Waals surface area contributed by atoms with Gasteiger partial charge in [0.05, 0.1) is 6.04 Å². The molecule has 3 heterocycles. The Kier molecular flexibility index (Phi) is 2.39. The third kappa shape index (κ3) is 1.51. The normalized spacial score (nSPS) is 24.7. The average Bonchev–Trinajstić information content (AvgIpc) is 2.92. The van der Waals surface area contributed by atoms with Crippen molar-refractivity contribution in [2.75, 3.05) is 7.05 Å². The molecule has 1 fully saturated rings. The van der Waals surface area contributed by atoms with Crippen molar-refractivity contribution in [3.8, 4) is 5.75 Å². The standard InChI is InChI=1S/C15H15N3O2S/c1-7-13-10(9-5-8(19)3-4-11(9)16-13)6-12-14(20)17(2)15(21)18(7)12/h3-5,7,12,16,19H,6H2,1-2H3/t7-,12+/m0/s1. The zero-order valence-corrected chi connectivity index (χ0v) is 12.6. The number of aromatic nitrogens is 1. The number of carbonyl (C=O) groups excluding carboxylic acids is 1. The van der Waals surface area contributed by atoms with E-state index in [9.17, 15) is 9.90 Å². The molecule has 21 heavy (non-hydrogen) atoms. The molecule has 2 atom stereocenters. The number of phenols is 1. The summed E-state index contributed by atoms with van der Waals surface area (Å²) < 4.78 is 0.